The van der Waals surface area contributed by atoms with Gasteiger partial charge in [0.2, 0.25) is 0 Å². The van der Waals surface area contributed by atoms with E-state index in [1.807, 2.05) is 0 Å². The Morgan fingerprint density at radius 3 is 2.68 bits per heavy atom. The van der Waals surface area contributed by atoms with Crippen LogP contribution in [0.15, 0.2) is 18.2 Å². The molecule has 3 heteroatoms. The number of hydrogen-bond acceptors (Lipinski definition) is 3. The van der Waals surface area contributed by atoms with Gasteiger partial charge in [-0.1, -0.05) is 12.1 Å². The molecule has 0 aromatic heterocycles. The van der Waals surface area contributed by atoms with Crippen LogP contribution in [0.25, 0.3) is 0 Å². The van der Waals surface area contributed by atoms with Crippen molar-refractivity contribution in [2.75, 3.05) is 26.2 Å². The number of ether oxygens (including phenoxy) is 1. The normalized spacial score (nSPS) is 17.6. The molecule has 1 atom stereocenters. The minimum absolute atomic E-state index is 0.465. The fourth-order valence-electron chi connectivity index (χ4n) is 2.72. The molecule has 106 valence electrons. The molecule has 0 bridgehead atoms. The summed E-state index contributed by atoms with van der Waals surface area (Å²) in [5.74, 6) is 1.02. The molecule has 3 nitrogen and oxygen atoms in total. The molecular weight excluding hydrogens is 236 g/mol. The van der Waals surface area contributed by atoms with Crippen molar-refractivity contribution in [3.8, 4) is 5.75 Å². The second-order valence-electron chi connectivity index (χ2n) is 5.55. The standard InChI is InChI=1S/C16H26N2O/c1-13-5-6-14(2)16(11-13)19-12-15(7-8-17)18-9-3-4-10-18/h5-6,11,15H,3-4,7-10,12,17H2,1-2H3. The Kier molecular flexibility index (Phi) is 5.23. The Balaban J connectivity index is 1.95. The van der Waals surface area contributed by atoms with E-state index in [1.54, 1.807) is 0 Å². The van der Waals surface area contributed by atoms with E-state index in [0.717, 1.165) is 25.3 Å². The molecule has 1 fully saturated rings. The molecular formula is C16H26N2O. The molecule has 19 heavy (non-hydrogen) atoms. The molecule has 0 aliphatic carbocycles. The first-order chi connectivity index (χ1) is 9.20. The SMILES string of the molecule is Cc1ccc(C)c(OCC(CCN)N2CCCC2)c1. The molecule has 0 spiro atoms. The first-order valence-electron chi connectivity index (χ1n) is 7.35. The summed E-state index contributed by atoms with van der Waals surface area (Å²) in [6, 6.07) is 6.84. The zero-order valence-corrected chi connectivity index (χ0v) is 12.2. The third-order valence-corrected chi connectivity index (χ3v) is 3.93. The van der Waals surface area contributed by atoms with Crippen molar-refractivity contribution in [3.63, 3.8) is 0 Å². The fraction of sp³-hybridized carbons (Fsp3) is 0.625. The van der Waals surface area contributed by atoms with Crippen molar-refractivity contribution in [1.29, 1.82) is 0 Å². The first-order valence-corrected chi connectivity index (χ1v) is 7.35. The van der Waals surface area contributed by atoms with E-state index in [-0.39, 0.29) is 0 Å². The van der Waals surface area contributed by atoms with Gasteiger partial charge in [-0.3, -0.25) is 4.90 Å². The molecule has 1 unspecified atom stereocenters. The summed E-state index contributed by atoms with van der Waals surface area (Å²) in [5.41, 5.74) is 8.19. The van der Waals surface area contributed by atoms with Crippen molar-refractivity contribution in [2.45, 2.75) is 39.2 Å². The van der Waals surface area contributed by atoms with E-state index in [1.165, 1.54) is 37.1 Å². The summed E-state index contributed by atoms with van der Waals surface area (Å²) in [5, 5.41) is 0. The molecule has 0 radical (unpaired) electrons. The second-order valence-corrected chi connectivity index (χ2v) is 5.55. The van der Waals surface area contributed by atoms with Gasteiger partial charge in [-0.05, 0) is 69.9 Å². The van der Waals surface area contributed by atoms with Crippen LogP contribution in [-0.2, 0) is 0 Å². The molecule has 1 aliphatic rings. The van der Waals surface area contributed by atoms with Gasteiger partial charge in [-0.2, -0.15) is 0 Å². The third-order valence-electron chi connectivity index (χ3n) is 3.93. The smallest absolute Gasteiger partial charge is 0.122 e. The first kappa shape index (κ1) is 14.4. The van der Waals surface area contributed by atoms with E-state index in [9.17, 15) is 0 Å². The maximum absolute atomic E-state index is 6.05. The van der Waals surface area contributed by atoms with Crippen molar-refractivity contribution < 1.29 is 4.74 Å². The van der Waals surface area contributed by atoms with Crippen LogP contribution in [0.5, 0.6) is 5.75 Å². The summed E-state index contributed by atoms with van der Waals surface area (Å²) in [4.78, 5) is 2.53. The molecule has 1 aromatic rings. The monoisotopic (exact) mass is 262 g/mol. The maximum Gasteiger partial charge on any atom is 0.122 e. The van der Waals surface area contributed by atoms with E-state index >= 15 is 0 Å². The van der Waals surface area contributed by atoms with Crippen LogP contribution >= 0.6 is 0 Å². The fourth-order valence-corrected chi connectivity index (χ4v) is 2.72. The van der Waals surface area contributed by atoms with Gasteiger partial charge in [0.1, 0.15) is 12.4 Å². The van der Waals surface area contributed by atoms with Crippen molar-refractivity contribution in [1.82, 2.24) is 4.90 Å². The van der Waals surface area contributed by atoms with Crippen LogP contribution in [0.1, 0.15) is 30.4 Å². The topological polar surface area (TPSA) is 38.5 Å². The minimum atomic E-state index is 0.465. The zero-order valence-electron chi connectivity index (χ0n) is 12.2. The largest absolute Gasteiger partial charge is 0.492 e. The molecule has 2 N–H and O–H groups in total. The van der Waals surface area contributed by atoms with E-state index in [2.05, 4.69) is 36.9 Å². The number of likely N-dealkylation sites (tertiary alicyclic amines) is 1. The van der Waals surface area contributed by atoms with Gasteiger partial charge in [0.05, 0.1) is 0 Å². The van der Waals surface area contributed by atoms with Gasteiger partial charge >= 0.3 is 0 Å². The number of rotatable bonds is 6. The highest BCUT2D eigenvalue weighted by Gasteiger charge is 2.22. The molecule has 0 amide bonds. The molecule has 1 heterocycles. The maximum atomic E-state index is 6.05. The van der Waals surface area contributed by atoms with E-state index in [0.29, 0.717) is 6.04 Å². The van der Waals surface area contributed by atoms with Crippen molar-refractivity contribution in [3.05, 3.63) is 29.3 Å². The summed E-state index contributed by atoms with van der Waals surface area (Å²) < 4.78 is 6.05. The van der Waals surface area contributed by atoms with Crippen LogP contribution in [-0.4, -0.2) is 37.2 Å². The summed E-state index contributed by atoms with van der Waals surface area (Å²) in [6.45, 7) is 8.08. The van der Waals surface area contributed by atoms with Gasteiger partial charge in [0.15, 0.2) is 0 Å². The average molecular weight is 262 g/mol. The number of aryl methyl sites for hydroxylation is 2. The van der Waals surface area contributed by atoms with Gasteiger partial charge in [-0.25, -0.2) is 0 Å². The summed E-state index contributed by atoms with van der Waals surface area (Å²) >= 11 is 0. The number of hydrogen-bond donors (Lipinski definition) is 1. The Morgan fingerprint density at radius 1 is 1.26 bits per heavy atom. The summed E-state index contributed by atoms with van der Waals surface area (Å²) in [7, 11) is 0. The van der Waals surface area contributed by atoms with E-state index < -0.39 is 0 Å². The highest BCUT2D eigenvalue weighted by molar-refractivity contribution is 5.35. The molecule has 1 aliphatic heterocycles. The molecule has 0 saturated carbocycles. The lowest BCUT2D eigenvalue weighted by atomic mass is 10.1. The van der Waals surface area contributed by atoms with Crippen LogP contribution in [0.4, 0.5) is 0 Å². The van der Waals surface area contributed by atoms with Gasteiger partial charge in [0.25, 0.3) is 0 Å². The predicted octanol–water partition coefficient (Wildman–Crippen LogP) is 2.50. The molecule has 1 aromatic carbocycles. The lowest BCUT2D eigenvalue weighted by Crippen LogP contribution is -2.39. The second kappa shape index (κ2) is 6.92. The minimum Gasteiger partial charge on any atom is -0.492 e. The van der Waals surface area contributed by atoms with Crippen molar-refractivity contribution in [2.24, 2.45) is 5.73 Å². The Morgan fingerprint density at radius 2 is 2.00 bits per heavy atom. The average Bonchev–Trinajstić information content (AvgIpc) is 2.92. The zero-order chi connectivity index (χ0) is 13.7. The highest BCUT2D eigenvalue weighted by Crippen LogP contribution is 2.21. The number of nitrogens with two attached hydrogens (primary N) is 1. The van der Waals surface area contributed by atoms with Crippen LogP contribution in [0.2, 0.25) is 0 Å². The lowest BCUT2D eigenvalue weighted by Gasteiger charge is -2.27. The number of nitrogens with zero attached hydrogens (tertiary/aromatic N) is 1. The molecule has 1 saturated heterocycles. The van der Waals surface area contributed by atoms with Crippen molar-refractivity contribution >= 4 is 0 Å². The van der Waals surface area contributed by atoms with E-state index in [4.69, 9.17) is 10.5 Å². The quantitative estimate of drug-likeness (QED) is 0.856. The summed E-state index contributed by atoms with van der Waals surface area (Å²) in [6.07, 6.45) is 3.64. The van der Waals surface area contributed by atoms with Crippen LogP contribution in [0.3, 0.4) is 0 Å². The van der Waals surface area contributed by atoms with Gasteiger partial charge < -0.3 is 10.5 Å². The Bertz CT molecular complexity index is 400. The number of benzene rings is 1. The third kappa shape index (κ3) is 3.95. The van der Waals surface area contributed by atoms with Crippen LogP contribution in [0, 0.1) is 13.8 Å². The van der Waals surface area contributed by atoms with Gasteiger partial charge in [-0.15, -0.1) is 0 Å². The predicted molar refractivity (Wildman–Crippen MR) is 79.7 cm³/mol. The lowest BCUT2D eigenvalue weighted by molar-refractivity contribution is 0.153. The Hall–Kier alpha value is -1.06. The van der Waals surface area contributed by atoms with Crippen LogP contribution < -0.4 is 10.5 Å². The van der Waals surface area contributed by atoms with Gasteiger partial charge in [0, 0.05) is 6.04 Å². The Labute approximate surface area is 116 Å². The highest BCUT2D eigenvalue weighted by atomic mass is 16.5. The molecule has 2 rings (SSSR count).